The van der Waals surface area contributed by atoms with Gasteiger partial charge in [0.15, 0.2) is 0 Å². The van der Waals surface area contributed by atoms with Crippen molar-refractivity contribution in [3.8, 4) is 0 Å². The fraction of sp³-hybridized carbons (Fsp3) is 0.500. The van der Waals surface area contributed by atoms with Crippen molar-refractivity contribution in [1.82, 2.24) is 0 Å². The van der Waals surface area contributed by atoms with Crippen LogP contribution in [0.4, 0.5) is 0 Å². The molecule has 0 heterocycles. The summed E-state index contributed by atoms with van der Waals surface area (Å²) in [6.45, 7) is -0.0497. The summed E-state index contributed by atoms with van der Waals surface area (Å²) in [6.07, 6.45) is 1.55. The highest BCUT2D eigenvalue weighted by Gasteiger charge is 2.12. The Morgan fingerprint density at radius 2 is 1.45 bits per heavy atom. The van der Waals surface area contributed by atoms with Gasteiger partial charge in [-0.2, -0.15) is 0 Å². The highest BCUT2D eigenvalue weighted by molar-refractivity contribution is 5.15. The highest BCUT2D eigenvalue weighted by Crippen LogP contribution is 2.16. The normalized spacial score (nSPS) is 10.2. The Morgan fingerprint density at radius 3 is 1.90 bits per heavy atom. The van der Waals surface area contributed by atoms with Crippen LogP contribution in [0.3, 0.4) is 0 Å². The molecule has 110 valence electrons. The number of benzene rings is 1. The van der Waals surface area contributed by atoms with Crippen molar-refractivity contribution in [2.75, 3.05) is 13.2 Å². The third-order valence-electron chi connectivity index (χ3n) is 2.81. The molecule has 0 aromatic heterocycles. The second-order valence-corrected chi connectivity index (χ2v) is 4.25. The molecule has 0 fully saturated rings. The van der Waals surface area contributed by atoms with Gasteiger partial charge in [0.25, 0.3) is 10.2 Å². The molecule has 0 N–H and O–H groups in total. The molecular weight excluding hydrogens is 268 g/mol. The summed E-state index contributed by atoms with van der Waals surface area (Å²) in [6, 6.07) is 9.57. The van der Waals surface area contributed by atoms with E-state index >= 15 is 0 Å². The quantitative estimate of drug-likeness (QED) is 0.481. The van der Waals surface area contributed by atoms with E-state index in [-0.39, 0.29) is 19.1 Å². The number of nitrogens with zero attached hydrogens (tertiary/aromatic N) is 2. The fourth-order valence-corrected chi connectivity index (χ4v) is 1.88. The van der Waals surface area contributed by atoms with Gasteiger partial charge in [0.05, 0.1) is 13.2 Å². The van der Waals surface area contributed by atoms with Crippen molar-refractivity contribution in [2.24, 2.45) is 5.92 Å². The van der Waals surface area contributed by atoms with Gasteiger partial charge in [-0.25, -0.2) is 0 Å². The molecule has 0 saturated carbocycles. The van der Waals surface area contributed by atoms with Gasteiger partial charge in [-0.15, -0.1) is 20.2 Å². The maximum atomic E-state index is 10.1. The van der Waals surface area contributed by atoms with Crippen LogP contribution < -0.4 is 0 Å². The summed E-state index contributed by atoms with van der Waals surface area (Å²) >= 11 is 0. The van der Waals surface area contributed by atoms with Crippen LogP contribution in [0, 0.1) is 26.1 Å². The Hall–Kier alpha value is -2.38. The van der Waals surface area contributed by atoms with Crippen LogP contribution >= 0.6 is 0 Å². The first-order valence-electron chi connectivity index (χ1n) is 6.16. The smallest absolute Gasteiger partial charge is 0.294 e. The SMILES string of the molecule is O=[N+]([O-])OCCC(CCO[N+](=O)[O-])Cc1ccccc1. The van der Waals surface area contributed by atoms with Gasteiger partial charge >= 0.3 is 0 Å². The van der Waals surface area contributed by atoms with E-state index in [0.29, 0.717) is 19.3 Å². The first-order valence-corrected chi connectivity index (χ1v) is 6.16. The van der Waals surface area contributed by atoms with Gasteiger partial charge in [0.1, 0.15) is 0 Å². The molecule has 20 heavy (non-hydrogen) atoms. The summed E-state index contributed by atoms with van der Waals surface area (Å²) in [4.78, 5) is 28.8. The minimum absolute atomic E-state index is 0.0248. The molecule has 0 aliphatic heterocycles. The van der Waals surface area contributed by atoms with E-state index in [4.69, 9.17) is 0 Å². The van der Waals surface area contributed by atoms with Crippen LogP contribution in [0.5, 0.6) is 0 Å². The predicted molar refractivity (Wildman–Crippen MR) is 68.8 cm³/mol. The molecule has 0 aliphatic rings. The maximum absolute atomic E-state index is 10.1. The molecule has 0 bridgehead atoms. The molecule has 0 spiro atoms. The first kappa shape index (κ1) is 15.7. The van der Waals surface area contributed by atoms with Crippen LogP contribution in [0.15, 0.2) is 30.3 Å². The molecule has 0 amide bonds. The van der Waals surface area contributed by atoms with Crippen LogP contribution in [-0.2, 0) is 16.1 Å². The molecule has 1 rings (SSSR count). The molecule has 8 heteroatoms. The topological polar surface area (TPSA) is 105 Å². The van der Waals surface area contributed by atoms with Crippen LogP contribution in [-0.4, -0.2) is 23.4 Å². The zero-order valence-corrected chi connectivity index (χ0v) is 10.8. The number of hydrogen-bond donors (Lipinski definition) is 0. The van der Waals surface area contributed by atoms with Gasteiger partial charge in [-0.3, -0.25) is 0 Å². The number of hydrogen-bond acceptors (Lipinski definition) is 6. The Labute approximate surface area is 115 Å². The van der Waals surface area contributed by atoms with Crippen molar-refractivity contribution >= 4 is 0 Å². The van der Waals surface area contributed by atoms with Crippen molar-refractivity contribution < 1.29 is 19.8 Å². The summed E-state index contributed by atoms with van der Waals surface area (Å²) < 4.78 is 0. The lowest BCUT2D eigenvalue weighted by molar-refractivity contribution is -0.759. The van der Waals surface area contributed by atoms with E-state index < -0.39 is 10.2 Å². The van der Waals surface area contributed by atoms with E-state index in [1.165, 1.54) is 0 Å². The van der Waals surface area contributed by atoms with Crippen LogP contribution in [0.25, 0.3) is 0 Å². The van der Waals surface area contributed by atoms with Crippen molar-refractivity contribution in [2.45, 2.75) is 19.3 Å². The van der Waals surface area contributed by atoms with Gasteiger partial charge in [0.2, 0.25) is 0 Å². The van der Waals surface area contributed by atoms with E-state index in [0.717, 1.165) is 5.56 Å². The molecule has 1 aromatic rings. The predicted octanol–water partition coefficient (Wildman–Crippen LogP) is 2.04. The first-order chi connectivity index (χ1) is 9.58. The zero-order valence-electron chi connectivity index (χ0n) is 10.8. The van der Waals surface area contributed by atoms with Gasteiger partial charge < -0.3 is 9.68 Å². The summed E-state index contributed by atoms with van der Waals surface area (Å²) in [5, 5.41) is 18.5. The lowest BCUT2D eigenvalue weighted by Crippen LogP contribution is -2.14. The lowest BCUT2D eigenvalue weighted by atomic mass is 9.94. The van der Waals surface area contributed by atoms with Gasteiger partial charge in [-0.1, -0.05) is 30.3 Å². The van der Waals surface area contributed by atoms with Crippen molar-refractivity contribution in [1.29, 1.82) is 0 Å². The van der Waals surface area contributed by atoms with E-state index in [9.17, 15) is 20.2 Å². The standard InChI is InChI=1S/C12H16N2O6/c15-13(16)19-8-6-12(7-9-20-14(17)18)10-11-4-2-1-3-5-11/h1-5,12H,6-10H2. The summed E-state index contributed by atoms with van der Waals surface area (Å²) in [5.41, 5.74) is 1.07. The Balaban J connectivity index is 2.45. The molecule has 0 radical (unpaired) electrons. The Kier molecular flexibility index (Phi) is 6.80. The monoisotopic (exact) mass is 284 g/mol. The van der Waals surface area contributed by atoms with E-state index in [1.54, 1.807) is 0 Å². The van der Waals surface area contributed by atoms with Gasteiger partial charge in [-0.05, 0) is 30.7 Å². The Bertz CT molecular complexity index is 405. The third-order valence-corrected chi connectivity index (χ3v) is 2.81. The molecule has 0 unspecified atom stereocenters. The minimum Gasteiger partial charge on any atom is -0.314 e. The zero-order chi connectivity index (χ0) is 14.8. The van der Waals surface area contributed by atoms with Gasteiger partial charge in [0, 0.05) is 0 Å². The summed E-state index contributed by atoms with van der Waals surface area (Å²) in [7, 11) is 0. The molecular formula is C12H16N2O6. The lowest BCUT2D eigenvalue weighted by Gasteiger charge is -2.15. The van der Waals surface area contributed by atoms with Crippen molar-refractivity contribution in [3.05, 3.63) is 56.1 Å². The third kappa shape index (κ3) is 7.14. The van der Waals surface area contributed by atoms with E-state index in [2.05, 4.69) is 9.68 Å². The fourth-order valence-electron chi connectivity index (χ4n) is 1.88. The average molecular weight is 284 g/mol. The molecule has 1 aromatic carbocycles. The van der Waals surface area contributed by atoms with E-state index in [1.807, 2.05) is 30.3 Å². The molecule has 0 aliphatic carbocycles. The minimum atomic E-state index is -0.840. The number of rotatable bonds is 10. The summed E-state index contributed by atoms with van der Waals surface area (Å²) in [5.74, 6) is 0.0253. The second-order valence-electron chi connectivity index (χ2n) is 4.25. The average Bonchev–Trinajstić information content (AvgIpc) is 2.38. The van der Waals surface area contributed by atoms with Crippen molar-refractivity contribution in [3.63, 3.8) is 0 Å². The Morgan fingerprint density at radius 1 is 0.950 bits per heavy atom. The molecule has 8 nitrogen and oxygen atoms in total. The molecule has 0 atom stereocenters. The van der Waals surface area contributed by atoms with Crippen LogP contribution in [0.2, 0.25) is 0 Å². The molecule has 0 saturated heterocycles. The maximum Gasteiger partial charge on any atom is 0.294 e. The highest BCUT2D eigenvalue weighted by atomic mass is 17.0. The second kappa shape index (κ2) is 8.68. The largest absolute Gasteiger partial charge is 0.314 e. The van der Waals surface area contributed by atoms with Crippen LogP contribution in [0.1, 0.15) is 18.4 Å².